The average Bonchev–Trinajstić information content (AvgIpc) is 2.33. The van der Waals surface area contributed by atoms with Crippen LogP contribution >= 0.6 is 0 Å². The standard InChI is InChI=1S/C11H18BNO8S/c1-3-4-5-6-9(21-22(16,17)18)12-19-10(14)7-13(2)8-11(15)20-12/h5-6,9H,3-4,7-8H2,1-2H3,(H,16,17,18). The highest BCUT2D eigenvalue weighted by molar-refractivity contribution is 7.81. The van der Waals surface area contributed by atoms with Crippen LogP contribution in [0.25, 0.3) is 0 Å². The van der Waals surface area contributed by atoms with E-state index in [-0.39, 0.29) is 13.1 Å². The van der Waals surface area contributed by atoms with E-state index in [0.29, 0.717) is 6.42 Å². The van der Waals surface area contributed by atoms with Crippen LogP contribution in [0.3, 0.4) is 0 Å². The predicted molar refractivity (Wildman–Crippen MR) is 75.9 cm³/mol. The Morgan fingerprint density at radius 1 is 1.36 bits per heavy atom. The van der Waals surface area contributed by atoms with E-state index in [9.17, 15) is 18.0 Å². The van der Waals surface area contributed by atoms with Gasteiger partial charge >= 0.3 is 29.5 Å². The molecule has 0 spiro atoms. The summed E-state index contributed by atoms with van der Waals surface area (Å²) in [5.74, 6) is -1.43. The monoisotopic (exact) mass is 335 g/mol. The lowest BCUT2D eigenvalue weighted by atomic mass is 9.80. The number of hydrogen-bond donors (Lipinski definition) is 1. The minimum absolute atomic E-state index is 0.164. The van der Waals surface area contributed by atoms with Crippen molar-refractivity contribution in [2.24, 2.45) is 0 Å². The molecule has 0 aromatic heterocycles. The molecule has 0 bridgehead atoms. The first-order valence-electron chi connectivity index (χ1n) is 6.61. The van der Waals surface area contributed by atoms with Gasteiger partial charge in [0.05, 0.1) is 13.1 Å². The van der Waals surface area contributed by atoms with E-state index in [4.69, 9.17) is 13.9 Å². The second-order valence-electron chi connectivity index (χ2n) is 4.73. The molecule has 11 heteroatoms. The van der Waals surface area contributed by atoms with Crippen LogP contribution in [0.15, 0.2) is 12.2 Å². The number of rotatable bonds is 6. The SMILES string of the molecule is CCCC=CC(OS(=O)(=O)O)B1OC(=O)CN(C)CC(=O)O1. The van der Waals surface area contributed by atoms with Gasteiger partial charge in [0.1, 0.15) is 0 Å². The molecule has 0 aromatic carbocycles. The third-order valence-corrected chi connectivity index (χ3v) is 3.04. The number of carbonyl (C=O) groups is 2. The van der Waals surface area contributed by atoms with Gasteiger partial charge in [0.25, 0.3) is 0 Å². The first kappa shape index (κ1) is 18.6. The van der Waals surface area contributed by atoms with E-state index in [1.54, 1.807) is 6.08 Å². The Bertz CT molecular complexity index is 514. The van der Waals surface area contributed by atoms with Crippen molar-refractivity contribution in [3.63, 3.8) is 0 Å². The highest BCUT2D eigenvalue weighted by Crippen LogP contribution is 2.11. The van der Waals surface area contributed by atoms with Gasteiger partial charge in [-0.2, -0.15) is 8.42 Å². The van der Waals surface area contributed by atoms with E-state index in [0.717, 1.165) is 6.42 Å². The number of unbranched alkanes of at least 4 members (excludes halogenated alkanes) is 1. The number of likely N-dealkylation sites (N-methyl/N-ethyl adjacent to an activating group) is 1. The molecule has 0 amide bonds. The van der Waals surface area contributed by atoms with Crippen molar-refractivity contribution in [1.29, 1.82) is 0 Å². The Morgan fingerprint density at radius 3 is 2.36 bits per heavy atom. The fourth-order valence-electron chi connectivity index (χ4n) is 1.69. The summed E-state index contributed by atoms with van der Waals surface area (Å²) in [7, 11) is -4.89. The predicted octanol–water partition coefficient (Wildman–Crippen LogP) is -0.410. The van der Waals surface area contributed by atoms with Crippen molar-refractivity contribution in [2.75, 3.05) is 20.1 Å². The molecule has 1 saturated heterocycles. The van der Waals surface area contributed by atoms with Crippen LogP contribution in [0.1, 0.15) is 19.8 Å². The summed E-state index contributed by atoms with van der Waals surface area (Å²) in [6.07, 6.45) is 4.21. The summed E-state index contributed by atoms with van der Waals surface area (Å²) in [6, 6.07) is -1.46. The topological polar surface area (TPSA) is 119 Å². The van der Waals surface area contributed by atoms with Crippen molar-refractivity contribution in [1.82, 2.24) is 4.90 Å². The Kier molecular flexibility index (Phi) is 7.00. The van der Waals surface area contributed by atoms with Gasteiger partial charge < -0.3 is 9.31 Å². The lowest BCUT2D eigenvalue weighted by molar-refractivity contribution is -0.146. The molecule has 0 radical (unpaired) electrons. The molecule has 1 aliphatic heterocycles. The minimum atomic E-state index is -4.82. The fraction of sp³-hybridized carbons (Fsp3) is 0.636. The lowest BCUT2D eigenvalue weighted by Gasteiger charge is -2.24. The highest BCUT2D eigenvalue weighted by Gasteiger charge is 2.41. The molecule has 1 aliphatic rings. The van der Waals surface area contributed by atoms with Gasteiger partial charge in [-0.25, -0.2) is 4.18 Å². The van der Waals surface area contributed by atoms with Crippen LogP contribution in [0.4, 0.5) is 0 Å². The minimum Gasteiger partial charge on any atom is -0.496 e. The van der Waals surface area contributed by atoms with Crippen molar-refractivity contribution in [3.05, 3.63) is 12.2 Å². The maximum absolute atomic E-state index is 11.6. The van der Waals surface area contributed by atoms with E-state index in [1.807, 2.05) is 6.92 Å². The zero-order valence-electron chi connectivity index (χ0n) is 12.3. The van der Waals surface area contributed by atoms with Crippen LogP contribution < -0.4 is 0 Å². The highest BCUT2D eigenvalue weighted by atomic mass is 32.3. The molecule has 9 nitrogen and oxygen atoms in total. The Hall–Kier alpha value is -1.43. The van der Waals surface area contributed by atoms with E-state index in [2.05, 4.69) is 4.18 Å². The Labute approximate surface area is 129 Å². The maximum Gasteiger partial charge on any atom is 0.635 e. The first-order chi connectivity index (χ1) is 10.2. The summed E-state index contributed by atoms with van der Waals surface area (Å²) in [5, 5.41) is 0. The molecule has 0 aromatic rings. The van der Waals surface area contributed by atoms with Crippen LogP contribution in [0, 0.1) is 0 Å². The van der Waals surface area contributed by atoms with Crippen molar-refractivity contribution in [3.8, 4) is 0 Å². The number of nitrogens with zero attached hydrogens (tertiary/aromatic N) is 1. The quantitative estimate of drug-likeness (QED) is 0.392. The van der Waals surface area contributed by atoms with Gasteiger partial charge in [0.2, 0.25) is 0 Å². The summed E-state index contributed by atoms with van der Waals surface area (Å²) in [6.45, 7) is 1.57. The third kappa shape index (κ3) is 7.03. The largest absolute Gasteiger partial charge is 0.635 e. The van der Waals surface area contributed by atoms with Gasteiger partial charge in [-0.3, -0.25) is 19.0 Å². The molecule has 1 atom stereocenters. The van der Waals surface area contributed by atoms with Crippen LogP contribution in [-0.2, 0) is 33.5 Å². The zero-order valence-corrected chi connectivity index (χ0v) is 13.1. The Morgan fingerprint density at radius 2 is 1.91 bits per heavy atom. The van der Waals surface area contributed by atoms with Gasteiger partial charge in [0.15, 0.2) is 6.00 Å². The Balaban J connectivity index is 2.93. The fourth-order valence-corrected chi connectivity index (χ4v) is 2.13. The van der Waals surface area contributed by atoms with Crippen LogP contribution in [-0.4, -0.2) is 63.1 Å². The average molecular weight is 335 g/mol. The van der Waals surface area contributed by atoms with Crippen LogP contribution in [0.5, 0.6) is 0 Å². The molecular weight excluding hydrogens is 317 g/mol. The molecule has 0 aliphatic carbocycles. The smallest absolute Gasteiger partial charge is 0.496 e. The molecule has 1 fully saturated rings. The van der Waals surface area contributed by atoms with E-state index < -0.39 is 35.5 Å². The number of carbonyl (C=O) groups excluding carboxylic acids is 2. The van der Waals surface area contributed by atoms with Crippen molar-refractivity contribution < 1.29 is 36.1 Å². The molecular formula is C11H18BNO8S. The first-order valence-corrected chi connectivity index (χ1v) is 7.97. The summed E-state index contributed by atoms with van der Waals surface area (Å²) >= 11 is 0. The molecule has 1 heterocycles. The van der Waals surface area contributed by atoms with Crippen molar-refractivity contribution in [2.45, 2.75) is 25.8 Å². The van der Waals surface area contributed by atoms with E-state index >= 15 is 0 Å². The summed E-state index contributed by atoms with van der Waals surface area (Å²) in [4.78, 5) is 24.6. The van der Waals surface area contributed by atoms with Gasteiger partial charge in [-0.1, -0.05) is 25.5 Å². The second-order valence-corrected chi connectivity index (χ2v) is 5.77. The van der Waals surface area contributed by atoms with Crippen molar-refractivity contribution >= 4 is 29.5 Å². The number of hydrogen-bond acceptors (Lipinski definition) is 8. The van der Waals surface area contributed by atoms with Gasteiger partial charge in [-0.15, -0.1) is 0 Å². The molecule has 124 valence electrons. The molecule has 1 unspecified atom stereocenters. The number of allylic oxidation sites excluding steroid dienone is 1. The van der Waals surface area contributed by atoms with Crippen LogP contribution in [0.2, 0.25) is 0 Å². The second kappa shape index (κ2) is 8.27. The lowest BCUT2D eigenvalue weighted by Crippen LogP contribution is -2.48. The molecule has 1 N–H and O–H groups in total. The molecule has 1 rings (SSSR count). The van der Waals surface area contributed by atoms with E-state index in [1.165, 1.54) is 18.0 Å². The maximum atomic E-state index is 11.6. The normalized spacial score (nSPS) is 19.5. The molecule has 0 saturated carbocycles. The molecule has 22 heavy (non-hydrogen) atoms. The third-order valence-electron chi connectivity index (χ3n) is 2.58. The summed E-state index contributed by atoms with van der Waals surface area (Å²) < 4.78 is 44.8. The zero-order chi connectivity index (χ0) is 16.8. The van der Waals surface area contributed by atoms with Gasteiger partial charge in [-0.05, 0) is 13.5 Å². The summed E-state index contributed by atoms with van der Waals surface area (Å²) in [5.41, 5.74) is 0. The van der Waals surface area contributed by atoms with Gasteiger partial charge in [0, 0.05) is 0 Å².